The Labute approximate surface area is 121 Å². The molecule has 2 aromatic heterocycles. The Morgan fingerprint density at radius 1 is 1.45 bits per heavy atom. The minimum atomic E-state index is -0.0516. The first kappa shape index (κ1) is 13.1. The van der Waals surface area contributed by atoms with Gasteiger partial charge in [0.1, 0.15) is 5.69 Å². The summed E-state index contributed by atoms with van der Waals surface area (Å²) in [7, 11) is 0. The number of carbonyl (C=O) groups is 1. The number of likely N-dealkylation sites (tertiary alicyclic amines) is 1. The number of aromatic nitrogens is 4. The number of hydrogen-bond donors (Lipinski definition) is 0. The molecule has 2 aromatic rings. The molecule has 104 valence electrons. The van der Waals surface area contributed by atoms with E-state index in [1.54, 1.807) is 23.0 Å². The van der Waals surface area contributed by atoms with E-state index in [1.165, 1.54) is 6.20 Å². The van der Waals surface area contributed by atoms with Crippen molar-refractivity contribution >= 4 is 17.5 Å². The van der Waals surface area contributed by atoms with Crippen LogP contribution in [-0.2, 0) is 6.54 Å². The van der Waals surface area contributed by atoms with E-state index >= 15 is 0 Å². The largest absolute Gasteiger partial charge is 0.332 e. The molecule has 0 N–H and O–H groups in total. The average molecular weight is 292 g/mol. The molecule has 0 saturated carbocycles. The zero-order chi connectivity index (χ0) is 13.9. The summed E-state index contributed by atoms with van der Waals surface area (Å²) < 4.78 is 1.76. The molecular weight excluding hydrogens is 278 g/mol. The van der Waals surface area contributed by atoms with Crippen molar-refractivity contribution in [2.45, 2.75) is 25.4 Å². The molecule has 20 heavy (non-hydrogen) atoms. The molecular formula is C13H14ClN5O. The highest BCUT2D eigenvalue weighted by molar-refractivity contribution is 6.30. The fourth-order valence-corrected chi connectivity index (χ4v) is 2.60. The third kappa shape index (κ3) is 2.65. The molecule has 0 radical (unpaired) electrons. The molecule has 6 nitrogen and oxygen atoms in total. The SMILES string of the molecule is O=C(c1ccc(Cl)cn1)N1CCC[C@H]1Cn1ccnn1. The highest BCUT2D eigenvalue weighted by atomic mass is 35.5. The molecule has 1 fully saturated rings. The minimum absolute atomic E-state index is 0.0516. The maximum Gasteiger partial charge on any atom is 0.272 e. The summed E-state index contributed by atoms with van der Waals surface area (Å²) in [6.45, 7) is 1.42. The van der Waals surface area contributed by atoms with E-state index in [0.717, 1.165) is 19.4 Å². The maximum absolute atomic E-state index is 12.5. The zero-order valence-corrected chi connectivity index (χ0v) is 11.6. The summed E-state index contributed by atoms with van der Waals surface area (Å²) in [5.74, 6) is -0.0516. The summed E-state index contributed by atoms with van der Waals surface area (Å²) in [5.41, 5.74) is 0.430. The summed E-state index contributed by atoms with van der Waals surface area (Å²) in [6.07, 6.45) is 6.92. The van der Waals surface area contributed by atoms with Crippen LogP contribution in [0.25, 0.3) is 0 Å². The number of halogens is 1. The van der Waals surface area contributed by atoms with Gasteiger partial charge in [0.25, 0.3) is 5.91 Å². The molecule has 0 spiro atoms. The zero-order valence-electron chi connectivity index (χ0n) is 10.8. The monoisotopic (exact) mass is 291 g/mol. The number of nitrogens with zero attached hydrogens (tertiary/aromatic N) is 5. The molecule has 0 unspecified atom stereocenters. The molecule has 1 atom stereocenters. The fraction of sp³-hybridized carbons (Fsp3) is 0.385. The molecule has 1 saturated heterocycles. The lowest BCUT2D eigenvalue weighted by Gasteiger charge is -2.24. The quantitative estimate of drug-likeness (QED) is 0.862. The van der Waals surface area contributed by atoms with Crippen LogP contribution in [0.15, 0.2) is 30.7 Å². The highest BCUT2D eigenvalue weighted by Crippen LogP contribution is 2.21. The van der Waals surface area contributed by atoms with Gasteiger partial charge in [-0.3, -0.25) is 9.48 Å². The predicted molar refractivity (Wildman–Crippen MR) is 73.3 cm³/mol. The van der Waals surface area contributed by atoms with Crippen LogP contribution in [0.2, 0.25) is 5.02 Å². The van der Waals surface area contributed by atoms with Gasteiger partial charge in [0.15, 0.2) is 0 Å². The molecule has 3 heterocycles. The molecule has 0 bridgehead atoms. The van der Waals surface area contributed by atoms with Crippen molar-refractivity contribution in [1.29, 1.82) is 0 Å². The molecule has 7 heteroatoms. The molecule has 0 aliphatic carbocycles. The second-order valence-electron chi connectivity index (χ2n) is 4.78. The van der Waals surface area contributed by atoms with Crippen LogP contribution in [0.1, 0.15) is 23.3 Å². The van der Waals surface area contributed by atoms with Crippen LogP contribution in [0.4, 0.5) is 0 Å². The van der Waals surface area contributed by atoms with Crippen molar-refractivity contribution in [2.24, 2.45) is 0 Å². The Morgan fingerprint density at radius 3 is 3.05 bits per heavy atom. The van der Waals surface area contributed by atoms with Gasteiger partial charge in [-0.15, -0.1) is 5.10 Å². The van der Waals surface area contributed by atoms with Gasteiger partial charge in [-0.2, -0.15) is 0 Å². The maximum atomic E-state index is 12.5. The second kappa shape index (κ2) is 5.58. The summed E-state index contributed by atoms with van der Waals surface area (Å²) >= 11 is 5.79. The van der Waals surface area contributed by atoms with Crippen LogP contribution < -0.4 is 0 Å². The van der Waals surface area contributed by atoms with E-state index in [1.807, 2.05) is 11.1 Å². The Kier molecular flexibility index (Phi) is 3.64. The van der Waals surface area contributed by atoms with Gasteiger partial charge in [0.05, 0.1) is 23.8 Å². The van der Waals surface area contributed by atoms with Gasteiger partial charge >= 0.3 is 0 Å². The number of hydrogen-bond acceptors (Lipinski definition) is 4. The van der Waals surface area contributed by atoms with Crippen LogP contribution >= 0.6 is 11.6 Å². The molecule has 1 aliphatic heterocycles. The lowest BCUT2D eigenvalue weighted by Crippen LogP contribution is -2.38. The van der Waals surface area contributed by atoms with E-state index in [0.29, 0.717) is 17.3 Å². The molecule has 1 amide bonds. The Balaban J connectivity index is 1.74. The highest BCUT2D eigenvalue weighted by Gasteiger charge is 2.30. The van der Waals surface area contributed by atoms with E-state index in [-0.39, 0.29) is 11.9 Å². The molecule has 0 aromatic carbocycles. The number of carbonyl (C=O) groups excluding carboxylic acids is 1. The van der Waals surface area contributed by atoms with Gasteiger partial charge in [-0.25, -0.2) is 4.98 Å². The number of amides is 1. The topological polar surface area (TPSA) is 63.9 Å². The van der Waals surface area contributed by atoms with E-state index < -0.39 is 0 Å². The fourth-order valence-electron chi connectivity index (χ4n) is 2.49. The van der Waals surface area contributed by atoms with Crippen molar-refractivity contribution in [1.82, 2.24) is 24.9 Å². The van der Waals surface area contributed by atoms with Crippen molar-refractivity contribution < 1.29 is 4.79 Å². The normalized spacial score (nSPS) is 18.4. The third-order valence-electron chi connectivity index (χ3n) is 3.45. The first-order valence-corrected chi connectivity index (χ1v) is 6.88. The molecule has 1 aliphatic rings. The van der Waals surface area contributed by atoms with Crippen LogP contribution in [0, 0.1) is 0 Å². The first-order chi connectivity index (χ1) is 9.74. The summed E-state index contributed by atoms with van der Waals surface area (Å²) in [4.78, 5) is 18.4. The lowest BCUT2D eigenvalue weighted by atomic mass is 10.2. The minimum Gasteiger partial charge on any atom is -0.332 e. The van der Waals surface area contributed by atoms with Crippen molar-refractivity contribution in [3.63, 3.8) is 0 Å². The van der Waals surface area contributed by atoms with Gasteiger partial charge in [-0.1, -0.05) is 16.8 Å². The Morgan fingerprint density at radius 2 is 2.35 bits per heavy atom. The standard InChI is InChI=1S/C13H14ClN5O/c14-10-3-4-12(15-8-10)13(20)19-6-1-2-11(19)9-18-7-5-16-17-18/h3-5,7-8,11H,1-2,6,9H2/t11-/m0/s1. The lowest BCUT2D eigenvalue weighted by molar-refractivity contribution is 0.0715. The molecule has 3 rings (SSSR count). The Bertz CT molecular complexity index is 583. The smallest absolute Gasteiger partial charge is 0.272 e. The Hall–Kier alpha value is -1.95. The van der Waals surface area contributed by atoms with Crippen LogP contribution in [0.3, 0.4) is 0 Å². The summed E-state index contributed by atoms with van der Waals surface area (Å²) in [5, 5.41) is 8.27. The first-order valence-electron chi connectivity index (χ1n) is 6.50. The van der Waals surface area contributed by atoms with Gasteiger partial charge in [0.2, 0.25) is 0 Å². The second-order valence-corrected chi connectivity index (χ2v) is 5.22. The van der Waals surface area contributed by atoms with E-state index in [4.69, 9.17) is 11.6 Å². The van der Waals surface area contributed by atoms with Gasteiger partial charge in [-0.05, 0) is 25.0 Å². The summed E-state index contributed by atoms with van der Waals surface area (Å²) in [6, 6.07) is 3.49. The van der Waals surface area contributed by atoms with Crippen molar-refractivity contribution in [3.8, 4) is 0 Å². The average Bonchev–Trinajstić information content (AvgIpc) is 3.11. The van der Waals surface area contributed by atoms with Crippen molar-refractivity contribution in [2.75, 3.05) is 6.54 Å². The van der Waals surface area contributed by atoms with Crippen molar-refractivity contribution in [3.05, 3.63) is 41.4 Å². The van der Waals surface area contributed by atoms with Gasteiger partial charge in [0, 0.05) is 18.9 Å². The van der Waals surface area contributed by atoms with Crippen LogP contribution in [-0.4, -0.2) is 43.4 Å². The van der Waals surface area contributed by atoms with Gasteiger partial charge < -0.3 is 4.90 Å². The van der Waals surface area contributed by atoms with E-state index in [9.17, 15) is 4.79 Å². The number of pyridine rings is 1. The third-order valence-corrected chi connectivity index (χ3v) is 3.68. The van der Waals surface area contributed by atoms with Crippen LogP contribution in [0.5, 0.6) is 0 Å². The predicted octanol–water partition coefficient (Wildman–Crippen LogP) is 1.63. The number of rotatable bonds is 3. The van der Waals surface area contributed by atoms with E-state index in [2.05, 4.69) is 15.3 Å².